The lowest BCUT2D eigenvalue weighted by atomic mass is 10.2. The average Bonchev–Trinajstić information content (AvgIpc) is 2.20. The average molecular weight is 282 g/mol. The van der Waals surface area contributed by atoms with Crippen LogP contribution in [0.2, 0.25) is 5.02 Å². The highest BCUT2D eigenvalue weighted by molar-refractivity contribution is 9.08. The molecule has 0 heterocycles. The zero-order valence-corrected chi connectivity index (χ0v) is 9.94. The lowest BCUT2D eigenvalue weighted by Crippen LogP contribution is -2.00. The monoisotopic (exact) mass is 280 g/mol. The van der Waals surface area contributed by atoms with E-state index in [-0.39, 0.29) is 6.67 Å². The van der Waals surface area contributed by atoms with Crippen LogP contribution < -0.4 is 4.74 Å². The summed E-state index contributed by atoms with van der Waals surface area (Å²) in [4.78, 5) is 0. The van der Waals surface area contributed by atoms with Gasteiger partial charge in [0.15, 0.2) is 0 Å². The second-order valence-corrected chi connectivity index (χ2v) is 3.72. The van der Waals surface area contributed by atoms with Gasteiger partial charge >= 0.3 is 0 Å². The Morgan fingerprint density at radius 2 is 2.21 bits per heavy atom. The van der Waals surface area contributed by atoms with Crippen LogP contribution in [0.15, 0.2) is 18.2 Å². The number of ether oxygens (including phenoxy) is 1. The predicted octanol–water partition coefficient (Wildman–Crippen LogP) is 3.97. The Kier molecular flexibility index (Phi) is 5.26. The van der Waals surface area contributed by atoms with Gasteiger partial charge in [-0.05, 0) is 6.07 Å². The number of para-hydroxylation sites is 1. The fourth-order valence-electron chi connectivity index (χ4n) is 1.05. The maximum absolute atomic E-state index is 11.9. The minimum Gasteiger partial charge on any atom is -0.492 e. The van der Waals surface area contributed by atoms with Gasteiger partial charge in [0.1, 0.15) is 5.75 Å². The van der Waals surface area contributed by atoms with Crippen molar-refractivity contribution in [2.24, 2.45) is 0 Å². The molecule has 0 bridgehead atoms. The van der Waals surface area contributed by atoms with E-state index in [0.717, 1.165) is 5.56 Å². The molecule has 0 N–H and O–H groups in total. The zero-order chi connectivity index (χ0) is 10.4. The van der Waals surface area contributed by atoms with Crippen LogP contribution >= 0.6 is 27.5 Å². The Morgan fingerprint density at radius 1 is 1.43 bits per heavy atom. The normalized spacial score (nSPS) is 10.2. The standard InChI is InChI=1S/C10H11BrClFO/c11-7-8-3-1-4-9(12)10(8)14-6-2-5-13/h1,3-4H,2,5-7H2. The molecule has 1 rings (SSSR count). The van der Waals surface area contributed by atoms with E-state index in [9.17, 15) is 4.39 Å². The maximum Gasteiger partial charge on any atom is 0.141 e. The molecule has 4 heteroatoms. The minimum absolute atomic E-state index is 0.361. The van der Waals surface area contributed by atoms with E-state index in [4.69, 9.17) is 16.3 Å². The predicted molar refractivity (Wildman–Crippen MR) is 60.2 cm³/mol. The molecule has 0 amide bonds. The van der Waals surface area contributed by atoms with Crippen molar-refractivity contribution in [3.63, 3.8) is 0 Å². The molecule has 0 aliphatic carbocycles. The molecule has 1 nitrogen and oxygen atoms in total. The molecule has 0 aromatic heterocycles. The number of rotatable bonds is 5. The van der Waals surface area contributed by atoms with Crippen LogP contribution in [0.25, 0.3) is 0 Å². The number of alkyl halides is 2. The van der Waals surface area contributed by atoms with Crippen LogP contribution in [0.1, 0.15) is 12.0 Å². The quantitative estimate of drug-likeness (QED) is 0.586. The van der Waals surface area contributed by atoms with E-state index in [1.54, 1.807) is 6.07 Å². The number of hydrogen-bond acceptors (Lipinski definition) is 1. The van der Waals surface area contributed by atoms with E-state index in [0.29, 0.717) is 29.1 Å². The van der Waals surface area contributed by atoms with Gasteiger partial charge in [0.25, 0.3) is 0 Å². The van der Waals surface area contributed by atoms with Gasteiger partial charge in [-0.25, -0.2) is 0 Å². The Labute approximate surface area is 96.3 Å². The fourth-order valence-corrected chi connectivity index (χ4v) is 1.74. The molecule has 78 valence electrons. The largest absolute Gasteiger partial charge is 0.492 e. The van der Waals surface area contributed by atoms with Crippen LogP contribution in [0, 0.1) is 0 Å². The van der Waals surface area contributed by atoms with Gasteiger partial charge in [-0.2, -0.15) is 0 Å². The summed E-state index contributed by atoms with van der Waals surface area (Å²) in [6.07, 6.45) is 0.396. The first-order chi connectivity index (χ1) is 6.79. The highest BCUT2D eigenvalue weighted by Crippen LogP contribution is 2.30. The first kappa shape index (κ1) is 11.8. The van der Waals surface area contributed by atoms with Crippen LogP contribution in [0.3, 0.4) is 0 Å². The molecule has 0 saturated carbocycles. The highest BCUT2D eigenvalue weighted by atomic mass is 79.9. The summed E-state index contributed by atoms with van der Waals surface area (Å²) >= 11 is 9.29. The van der Waals surface area contributed by atoms with Crippen molar-refractivity contribution in [2.75, 3.05) is 13.3 Å². The molecule has 0 aliphatic rings. The van der Waals surface area contributed by atoms with E-state index >= 15 is 0 Å². The Hall–Kier alpha value is -0.280. The molecule has 0 radical (unpaired) electrons. The third-order valence-corrected chi connectivity index (χ3v) is 2.62. The van der Waals surface area contributed by atoms with Crippen LogP contribution in [-0.2, 0) is 5.33 Å². The van der Waals surface area contributed by atoms with Gasteiger partial charge in [0.2, 0.25) is 0 Å². The van der Waals surface area contributed by atoms with Crippen molar-refractivity contribution >= 4 is 27.5 Å². The summed E-state index contributed by atoms with van der Waals surface area (Å²) in [7, 11) is 0. The van der Waals surface area contributed by atoms with E-state index in [1.165, 1.54) is 0 Å². The second-order valence-electron chi connectivity index (χ2n) is 2.75. The van der Waals surface area contributed by atoms with Gasteiger partial charge in [-0.3, -0.25) is 4.39 Å². The molecule has 0 atom stereocenters. The van der Waals surface area contributed by atoms with Gasteiger partial charge in [-0.15, -0.1) is 0 Å². The third-order valence-electron chi connectivity index (χ3n) is 1.72. The fraction of sp³-hybridized carbons (Fsp3) is 0.400. The molecule has 0 saturated heterocycles. The Morgan fingerprint density at radius 3 is 2.86 bits per heavy atom. The van der Waals surface area contributed by atoms with Crippen LogP contribution in [-0.4, -0.2) is 13.3 Å². The van der Waals surface area contributed by atoms with E-state index in [2.05, 4.69) is 15.9 Å². The van der Waals surface area contributed by atoms with Crippen molar-refractivity contribution in [1.29, 1.82) is 0 Å². The lowest BCUT2D eigenvalue weighted by Gasteiger charge is -2.10. The molecule has 1 aromatic carbocycles. The molecule has 0 unspecified atom stereocenters. The summed E-state index contributed by atoms with van der Waals surface area (Å²) < 4.78 is 17.3. The van der Waals surface area contributed by atoms with Crippen molar-refractivity contribution in [2.45, 2.75) is 11.8 Å². The van der Waals surface area contributed by atoms with Gasteiger partial charge in [0, 0.05) is 17.3 Å². The van der Waals surface area contributed by atoms with E-state index in [1.807, 2.05) is 12.1 Å². The van der Waals surface area contributed by atoms with Crippen molar-refractivity contribution in [3.05, 3.63) is 28.8 Å². The summed E-state index contributed by atoms with van der Waals surface area (Å²) in [5.74, 6) is 0.652. The molecule has 0 aliphatic heterocycles. The number of benzene rings is 1. The minimum atomic E-state index is -0.367. The molecule has 1 aromatic rings. The maximum atomic E-state index is 11.9. The van der Waals surface area contributed by atoms with Crippen LogP contribution in [0.4, 0.5) is 4.39 Å². The Bertz CT molecular complexity index is 293. The van der Waals surface area contributed by atoms with Gasteiger partial charge in [-0.1, -0.05) is 39.7 Å². The molecular weight excluding hydrogens is 270 g/mol. The summed E-state index contributed by atoms with van der Waals surface area (Å²) in [5.41, 5.74) is 0.983. The lowest BCUT2D eigenvalue weighted by molar-refractivity contribution is 0.288. The molecule has 14 heavy (non-hydrogen) atoms. The zero-order valence-electron chi connectivity index (χ0n) is 7.60. The summed E-state index contributed by atoms with van der Waals surface area (Å²) in [5, 5.41) is 1.25. The smallest absolute Gasteiger partial charge is 0.141 e. The van der Waals surface area contributed by atoms with Crippen LogP contribution in [0.5, 0.6) is 5.75 Å². The topological polar surface area (TPSA) is 9.23 Å². The van der Waals surface area contributed by atoms with Crippen molar-refractivity contribution in [1.82, 2.24) is 0 Å². The first-order valence-electron chi connectivity index (χ1n) is 4.31. The molecule has 0 spiro atoms. The highest BCUT2D eigenvalue weighted by Gasteiger charge is 2.06. The SMILES string of the molecule is FCCCOc1c(Cl)cccc1CBr. The first-order valence-corrected chi connectivity index (χ1v) is 5.81. The van der Waals surface area contributed by atoms with E-state index < -0.39 is 0 Å². The number of hydrogen-bond donors (Lipinski definition) is 0. The van der Waals surface area contributed by atoms with Gasteiger partial charge in [0.05, 0.1) is 18.3 Å². The van der Waals surface area contributed by atoms with Gasteiger partial charge < -0.3 is 4.74 Å². The molecule has 0 fully saturated rings. The third kappa shape index (κ3) is 3.14. The molecular formula is C10H11BrClFO. The Balaban J connectivity index is 2.72. The van der Waals surface area contributed by atoms with Crippen molar-refractivity contribution in [3.8, 4) is 5.75 Å². The summed E-state index contributed by atoms with van der Waals surface area (Å²) in [6.45, 7) is -0.00562. The summed E-state index contributed by atoms with van der Waals surface area (Å²) in [6, 6.07) is 5.55. The number of halogens is 3. The van der Waals surface area contributed by atoms with Crippen molar-refractivity contribution < 1.29 is 9.13 Å². The second kappa shape index (κ2) is 6.25.